The fourth-order valence-corrected chi connectivity index (χ4v) is 4.93. The third kappa shape index (κ3) is 16.4. The van der Waals surface area contributed by atoms with Crippen LogP contribution in [0.4, 0.5) is 0 Å². The Morgan fingerprint density at radius 3 is 2.18 bits per heavy atom. The van der Waals surface area contributed by atoms with Crippen LogP contribution < -0.4 is 38.5 Å². The highest BCUT2D eigenvalue weighted by Gasteiger charge is 2.30. The molecule has 0 aliphatic carbocycles. The Morgan fingerprint density at radius 1 is 0.960 bits per heavy atom. The lowest BCUT2D eigenvalue weighted by Gasteiger charge is -2.27. The summed E-state index contributed by atoms with van der Waals surface area (Å²) in [5.41, 5.74) is 17.8. The second-order valence-corrected chi connectivity index (χ2v) is 12.6. The highest BCUT2D eigenvalue weighted by molar-refractivity contribution is 5.94. The average molecular weight is 702 g/mol. The molecule has 16 heteroatoms. The Labute approximate surface area is 294 Å². The molecule has 1 aromatic carbocycles. The van der Waals surface area contributed by atoms with E-state index in [9.17, 15) is 33.9 Å². The molecule has 0 spiro atoms. The molecule has 5 amide bonds. The Bertz CT molecular complexity index is 1320. The maximum absolute atomic E-state index is 13.3. The third-order valence-electron chi connectivity index (χ3n) is 7.77. The molecule has 0 saturated heterocycles. The van der Waals surface area contributed by atoms with Gasteiger partial charge in [-0.3, -0.25) is 29.0 Å². The average Bonchev–Trinajstić information content (AvgIpc) is 3.06. The molecule has 0 radical (unpaired) electrons. The lowest BCUT2D eigenvalue weighted by atomic mass is 9.98. The van der Waals surface area contributed by atoms with E-state index < -0.39 is 66.2 Å². The summed E-state index contributed by atoms with van der Waals surface area (Å²) in [5, 5.41) is 19.7. The zero-order valence-corrected chi connectivity index (χ0v) is 29.5. The molecule has 11 N–H and O–H groups in total. The van der Waals surface area contributed by atoms with Crippen molar-refractivity contribution in [1.29, 1.82) is 0 Å². The van der Waals surface area contributed by atoms with Gasteiger partial charge in [0.25, 0.3) is 0 Å². The minimum Gasteiger partial charge on any atom is -0.480 e. The van der Waals surface area contributed by atoms with E-state index in [1.54, 1.807) is 6.92 Å². The van der Waals surface area contributed by atoms with Crippen LogP contribution in [0.2, 0.25) is 0 Å². The third-order valence-corrected chi connectivity index (χ3v) is 7.77. The minimum absolute atomic E-state index is 0.0248. The largest absolute Gasteiger partial charge is 0.480 e. The zero-order valence-electron chi connectivity index (χ0n) is 29.5. The SMILES string of the molecule is C=CCN(CC(=O)N[C@H](C(=O)NCC(=O)N[C@@H](CCCN=C(N)N)C(=O)N[C@@H](CC(C)C)C(=O)O)[C@@H](C)CC)C(=O)[C@@H](N)Cc1ccccc1. The molecule has 50 heavy (non-hydrogen) atoms. The number of benzene rings is 1. The number of hydrogen-bond donors (Lipinski definition) is 8. The van der Waals surface area contributed by atoms with Gasteiger partial charge in [0.2, 0.25) is 29.5 Å². The quantitative estimate of drug-likeness (QED) is 0.0310. The molecule has 5 atom stereocenters. The first-order valence-electron chi connectivity index (χ1n) is 16.7. The fourth-order valence-electron chi connectivity index (χ4n) is 4.93. The van der Waals surface area contributed by atoms with Crippen molar-refractivity contribution in [1.82, 2.24) is 26.2 Å². The Kier molecular flexibility index (Phi) is 19.5. The highest BCUT2D eigenvalue weighted by Crippen LogP contribution is 2.10. The van der Waals surface area contributed by atoms with Crippen LogP contribution in [-0.2, 0) is 35.2 Å². The summed E-state index contributed by atoms with van der Waals surface area (Å²) in [6.07, 6.45) is 2.78. The predicted molar refractivity (Wildman–Crippen MR) is 190 cm³/mol. The van der Waals surface area contributed by atoms with Crippen molar-refractivity contribution in [2.24, 2.45) is 34.0 Å². The number of carboxylic acids is 1. The van der Waals surface area contributed by atoms with Crippen molar-refractivity contribution in [3.63, 3.8) is 0 Å². The second kappa shape index (κ2) is 22.6. The number of amides is 5. The number of aliphatic carboxylic acids is 1. The fraction of sp³-hybridized carbons (Fsp3) is 0.559. The van der Waals surface area contributed by atoms with Gasteiger partial charge in [-0.25, -0.2) is 4.79 Å². The minimum atomic E-state index is -1.21. The highest BCUT2D eigenvalue weighted by atomic mass is 16.4. The van der Waals surface area contributed by atoms with Crippen molar-refractivity contribution < 1.29 is 33.9 Å². The van der Waals surface area contributed by atoms with Crippen LogP contribution in [0.15, 0.2) is 48.0 Å². The molecule has 0 fully saturated rings. The van der Waals surface area contributed by atoms with Crippen molar-refractivity contribution >= 4 is 41.5 Å². The Balaban J connectivity index is 2.94. The molecule has 0 aromatic heterocycles. The summed E-state index contributed by atoms with van der Waals surface area (Å²) in [6, 6.07) is 4.95. The molecule has 278 valence electrons. The summed E-state index contributed by atoms with van der Waals surface area (Å²) in [7, 11) is 0. The summed E-state index contributed by atoms with van der Waals surface area (Å²) in [4.78, 5) is 82.3. The van der Waals surface area contributed by atoms with Gasteiger partial charge >= 0.3 is 5.97 Å². The second-order valence-electron chi connectivity index (χ2n) is 12.6. The zero-order chi connectivity index (χ0) is 37.8. The van der Waals surface area contributed by atoms with Crippen molar-refractivity contribution in [3.05, 3.63) is 48.6 Å². The molecule has 0 aliphatic rings. The van der Waals surface area contributed by atoms with E-state index in [1.165, 1.54) is 11.0 Å². The van der Waals surface area contributed by atoms with Crippen molar-refractivity contribution in [2.75, 3.05) is 26.2 Å². The molecular formula is C34H55N9O7. The number of nitrogens with two attached hydrogens (primary N) is 3. The van der Waals surface area contributed by atoms with Crippen LogP contribution in [-0.4, -0.2) is 102 Å². The first-order valence-corrected chi connectivity index (χ1v) is 16.7. The van der Waals surface area contributed by atoms with Crippen LogP contribution >= 0.6 is 0 Å². The number of rotatable bonds is 23. The van der Waals surface area contributed by atoms with Gasteiger partial charge in [-0.2, -0.15) is 0 Å². The lowest BCUT2D eigenvalue weighted by molar-refractivity contribution is -0.142. The number of nitrogens with one attached hydrogen (secondary N) is 4. The first-order chi connectivity index (χ1) is 23.6. The Morgan fingerprint density at radius 2 is 1.62 bits per heavy atom. The van der Waals surface area contributed by atoms with E-state index in [4.69, 9.17) is 17.2 Å². The van der Waals surface area contributed by atoms with Gasteiger partial charge < -0.3 is 48.5 Å². The maximum Gasteiger partial charge on any atom is 0.326 e. The van der Waals surface area contributed by atoms with Crippen LogP contribution in [0, 0.1) is 11.8 Å². The number of nitrogens with zero attached hydrogens (tertiary/aromatic N) is 2. The van der Waals surface area contributed by atoms with Gasteiger partial charge in [-0.05, 0) is 43.1 Å². The number of carboxylic acid groups (broad SMARTS) is 1. The van der Waals surface area contributed by atoms with Gasteiger partial charge in [-0.15, -0.1) is 6.58 Å². The van der Waals surface area contributed by atoms with Crippen LogP contribution in [0.25, 0.3) is 0 Å². The van der Waals surface area contributed by atoms with E-state index in [0.29, 0.717) is 6.42 Å². The predicted octanol–water partition coefficient (Wildman–Crippen LogP) is -0.628. The van der Waals surface area contributed by atoms with Gasteiger partial charge in [0.15, 0.2) is 5.96 Å². The van der Waals surface area contributed by atoms with Crippen molar-refractivity contribution in [2.45, 2.75) is 84.0 Å². The summed E-state index contributed by atoms with van der Waals surface area (Å²) < 4.78 is 0. The first kappa shape index (κ1) is 43.0. The number of carbonyl (C=O) groups excluding carboxylic acids is 5. The molecule has 0 aliphatic heterocycles. The van der Waals surface area contributed by atoms with E-state index in [1.807, 2.05) is 51.1 Å². The summed E-state index contributed by atoms with van der Waals surface area (Å²) in [6.45, 7) is 10.2. The molecule has 0 bridgehead atoms. The van der Waals surface area contributed by atoms with Crippen LogP contribution in [0.1, 0.15) is 58.9 Å². The topological polar surface area (TPSA) is 264 Å². The van der Waals surface area contributed by atoms with Gasteiger partial charge in [0.05, 0.1) is 19.1 Å². The van der Waals surface area contributed by atoms with E-state index in [0.717, 1.165) is 5.56 Å². The van der Waals surface area contributed by atoms with Crippen LogP contribution in [0.3, 0.4) is 0 Å². The van der Waals surface area contributed by atoms with Crippen LogP contribution in [0.5, 0.6) is 0 Å². The Hall–Kier alpha value is -4.99. The molecule has 1 rings (SSSR count). The summed E-state index contributed by atoms with van der Waals surface area (Å²) in [5.74, 6) is -4.89. The molecule has 0 heterocycles. The summed E-state index contributed by atoms with van der Waals surface area (Å²) >= 11 is 0. The number of hydrogen-bond acceptors (Lipinski definition) is 8. The monoisotopic (exact) mass is 701 g/mol. The van der Waals surface area contributed by atoms with Gasteiger partial charge in [0, 0.05) is 13.1 Å². The molecule has 0 saturated carbocycles. The number of aliphatic imine (C=N–C) groups is 1. The smallest absolute Gasteiger partial charge is 0.326 e. The standard InChI is InChI=1S/C34H55N9O7/c1-6-16-43(32(48)24(35)18-23-12-9-8-10-13-23)20-28(45)42-29(22(5)7-2)31(47)39-19-27(44)40-25(14-11-15-38-34(36)37)30(46)41-26(33(49)50)17-21(3)4/h6,8-10,12-13,21-22,24-26,29H,1,7,11,14-20,35H2,2-5H3,(H,39,47)(H,40,44)(H,41,46)(H,42,45)(H,49,50)(H4,36,37,38)/t22-,24-,25-,26-,29-/m0/s1. The van der Waals surface area contributed by atoms with E-state index in [-0.39, 0.29) is 63.1 Å². The van der Waals surface area contributed by atoms with E-state index >= 15 is 0 Å². The lowest BCUT2D eigenvalue weighted by Crippen LogP contribution is -2.56. The van der Waals surface area contributed by atoms with Gasteiger partial charge in [0.1, 0.15) is 18.1 Å². The molecular weight excluding hydrogens is 646 g/mol. The van der Waals surface area contributed by atoms with Gasteiger partial charge in [-0.1, -0.05) is 70.5 Å². The normalized spacial score (nSPS) is 13.8. The van der Waals surface area contributed by atoms with E-state index in [2.05, 4.69) is 32.8 Å². The number of guanidine groups is 1. The molecule has 1 aromatic rings. The number of carbonyl (C=O) groups is 6. The van der Waals surface area contributed by atoms with Crippen molar-refractivity contribution in [3.8, 4) is 0 Å². The maximum atomic E-state index is 13.3. The molecule has 16 nitrogen and oxygen atoms in total. The molecule has 0 unspecified atom stereocenters.